The minimum absolute atomic E-state index is 0.0364. The van der Waals surface area contributed by atoms with E-state index in [4.69, 9.17) is 9.47 Å². The van der Waals surface area contributed by atoms with Crippen molar-refractivity contribution in [2.75, 3.05) is 7.11 Å². The topological polar surface area (TPSA) is 103 Å². The molecular formula is C25H27NO6S. The molecule has 0 aliphatic carbocycles. The second-order valence-corrected chi connectivity index (χ2v) is 9.45. The fourth-order valence-corrected chi connectivity index (χ4v) is 4.83. The van der Waals surface area contributed by atoms with Crippen LogP contribution in [0.1, 0.15) is 31.7 Å². The van der Waals surface area contributed by atoms with E-state index in [2.05, 4.69) is 4.98 Å². The van der Waals surface area contributed by atoms with E-state index in [1.54, 1.807) is 48.5 Å². The highest BCUT2D eigenvalue weighted by atomic mass is 32.2. The molecule has 0 saturated carbocycles. The van der Waals surface area contributed by atoms with E-state index >= 15 is 0 Å². The van der Waals surface area contributed by atoms with Crippen molar-refractivity contribution in [1.29, 1.82) is 0 Å². The lowest BCUT2D eigenvalue weighted by Gasteiger charge is -2.16. The van der Waals surface area contributed by atoms with E-state index in [1.165, 1.54) is 19.2 Å². The third kappa shape index (κ3) is 6.10. The number of ether oxygens (including phenoxy) is 2. The molecule has 7 nitrogen and oxygen atoms in total. The molecule has 1 N–H and O–H groups in total. The van der Waals surface area contributed by atoms with Gasteiger partial charge in [-0.2, -0.15) is 0 Å². The number of aromatic nitrogens is 1. The third-order valence-electron chi connectivity index (χ3n) is 5.23. The highest BCUT2D eigenvalue weighted by Gasteiger charge is 2.27. The molecule has 0 aliphatic rings. The van der Waals surface area contributed by atoms with E-state index < -0.39 is 21.7 Å². The van der Waals surface area contributed by atoms with Gasteiger partial charge in [-0.3, -0.25) is 4.79 Å². The number of benzene rings is 2. The monoisotopic (exact) mass is 469 g/mol. The number of pyridine rings is 1. The molecule has 2 aromatic carbocycles. The largest absolute Gasteiger partial charge is 0.497 e. The SMILES string of the molecule is CCCCC(Cc1ccc(Oc2ccccc2)nc1S(=O)(=O)c1ccc(OC)cc1)C(=O)O. The van der Waals surface area contributed by atoms with Gasteiger partial charge in [-0.15, -0.1) is 0 Å². The Morgan fingerprint density at radius 1 is 1.00 bits per heavy atom. The second-order valence-electron chi connectivity index (χ2n) is 7.59. The second kappa shape index (κ2) is 11.0. The molecule has 1 unspecified atom stereocenters. The van der Waals surface area contributed by atoms with Gasteiger partial charge in [0, 0.05) is 6.07 Å². The van der Waals surface area contributed by atoms with Crippen molar-refractivity contribution in [2.45, 2.75) is 42.5 Å². The van der Waals surface area contributed by atoms with Gasteiger partial charge in [-0.05, 0) is 54.8 Å². The molecule has 0 aliphatic heterocycles. The Labute approximate surface area is 193 Å². The maximum absolute atomic E-state index is 13.5. The number of para-hydroxylation sites is 1. The molecule has 1 heterocycles. The van der Waals surface area contributed by atoms with Gasteiger partial charge in [0.05, 0.1) is 17.9 Å². The molecule has 33 heavy (non-hydrogen) atoms. The summed E-state index contributed by atoms with van der Waals surface area (Å²) in [5.74, 6) is -0.526. The Morgan fingerprint density at radius 3 is 2.30 bits per heavy atom. The number of hydrogen-bond acceptors (Lipinski definition) is 6. The summed E-state index contributed by atoms with van der Waals surface area (Å²) in [5.41, 5.74) is 0.342. The molecule has 0 saturated heterocycles. The number of carbonyl (C=O) groups is 1. The van der Waals surface area contributed by atoms with Crippen molar-refractivity contribution in [1.82, 2.24) is 4.98 Å². The molecule has 0 radical (unpaired) electrons. The summed E-state index contributed by atoms with van der Waals surface area (Å²) >= 11 is 0. The molecule has 0 amide bonds. The molecule has 0 bridgehead atoms. The molecular weight excluding hydrogens is 442 g/mol. The van der Waals surface area contributed by atoms with E-state index in [-0.39, 0.29) is 22.2 Å². The van der Waals surface area contributed by atoms with Crippen LogP contribution in [-0.4, -0.2) is 31.6 Å². The lowest BCUT2D eigenvalue weighted by molar-refractivity contribution is -0.142. The first-order valence-corrected chi connectivity index (χ1v) is 12.2. The van der Waals surface area contributed by atoms with Crippen LogP contribution in [-0.2, 0) is 21.1 Å². The van der Waals surface area contributed by atoms with Gasteiger partial charge >= 0.3 is 5.97 Å². The zero-order valence-electron chi connectivity index (χ0n) is 18.6. The quantitative estimate of drug-likeness (QED) is 0.414. The normalized spacial score (nSPS) is 12.2. The maximum atomic E-state index is 13.5. The van der Waals surface area contributed by atoms with E-state index in [1.807, 2.05) is 13.0 Å². The Morgan fingerprint density at radius 2 is 1.70 bits per heavy atom. The zero-order valence-corrected chi connectivity index (χ0v) is 19.4. The summed E-state index contributed by atoms with van der Waals surface area (Å²) in [5, 5.41) is 9.47. The number of methoxy groups -OCH3 is 1. The van der Waals surface area contributed by atoms with Crippen molar-refractivity contribution in [3.05, 3.63) is 72.3 Å². The van der Waals surface area contributed by atoms with Crippen molar-refractivity contribution >= 4 is 15.8 Å². The Balaban J connectivity index is 2.05. The number of carboxylic acids is 1. The van der Waals surface area contributed by atoms with Crippen molar-refractivity contribution in [3.8, 4) is 17.4 Å². The van der Waals surface area contributed by atoms with Crippen LogP contribution < -0.4 is 9.47 Å². The Hall–Kier alpha value is -3.39. The van der Waals surface area contributed by atoms with Gasteiger partial charge in [0.25, 0.3) is 0 Å². The van der Waals surface area contributed by atoms with E-state index in [0.29, 0.717) is 23.5 Å². The van der Waals surface area contributed by atoms with E-state index in [0.717, 1.165) is 12.8 Å². The highest BCUT2D eigenvalue weighted by molar-refractivity contribution is 7.91. The Kier molecular flexibility index (Phi) is 8.06. The van der Waals surface area contributed by atoms with Crippen LogP contribution in [0.25, 0.3) is 0 Å². The number of carboxylic acid groups (broad SMARTS) is 1. The summed E-state index contributed by atoms with van der Waals surface area (Å²) in [6, 6.07) is 18.0. The smallest absolute Gasteiger partial charge is 0.306 e. The molecule has 174 valence electrons. The van der Waals surface area contributed by atoms with Crippen molar-refractivity contribution in [2.24, 2.45) is 5.92 Å². The van der Waals surface area contributed by atoms with Gasteiger partial charge < -0.3 is 14.6 Å². The van der Waals surface area contributed by atoms with Crippen LogP contribution in [0.2, 0.25) is 0 Å². The van der Waals surface area contributed by atoms with Crippen LogP contribution in [0.5, 0.6) is 17.4 Å². The molecule has 3 rings (SSSR count). The summed E-state index contributed by atoms with van der Waals surface area (Å²) in [4.78, 5) is 16.2. The number of rotatable bonds is 11. The molecule has 3 aromatic rings. The summed E-state index contributed by atoms with van der Waals surface area (Å²) in [6.07, 6.45) is 2.10. The number of nitrogens with zero attached hydrogens (tertiary/aromatic N) is 1. The lowest BCUT2D eigenvalue weighted by atomic mass is 9.95. The standard InChI is InChI=1S/C25H27NO6S/c1-3-4-8-19(25(27)28)17-18-11-16-23(32-21-9-6-5-7-10-21)26-24(18)33(29,30)22-14-12-20(31-2)13-15-22/h5-7,9-16,19H,3-4,8,17H2,1-2H3,(H,27,28). The molecule has 8 heteroatoms. The average molecular weight is 470 g/mol. The molecule has 0 fully saturated rings. The van der Waals surface area contributed by atoms with Crippen LogP contribution in [0, 0.1) is 5.92 Å². The molecule has 0 spiro atoms. The number of sulfone groups is 1. The van der Waals surface area contributed by atoms with Gasteiger partial charge in [0.2, 0.25) is 15.7 Å². The maximum Gasteiger partial charge on any atom is 0.306 e. The molecule has 1 aromatic heterocycles. The highest BCUT2D eigenvalue weighted by Crippen LogP contribution is 2.30. The summed E-state index contributed by atoms with van der Waals surface area (Å²) < 4.78 is 37.9. The predicted octanol–water partition coefficient (Wildman–Crippen LogP) is 5.15. The van der Waals surface area contributed by atoms with Gasteiger partial charge in [0.15, 0.2) is 5.03 Å². The van der Waals surface area contributed by atoms with Crippen molar-refractivity contribution < 1.29 is 27.8 Å². The summed E-state index contributed by atoms with van der Waals surface area (Å²) in [7, 11) is -2.54. The van der Waals surface area contributed by atoms with Gasteiger partial charge in [-0.1, -0.05) is 44.0 Å². The first-order chi connectivity index (χ1) is 15.8. The first kappa shape index (κ1) is 24.3. The number of hydrogen-bond donors (Lipinski definition) is 1. The van der Waals surface area contributed by atoms with Gasteiger partial charge in [-0.25, -0.2) is 13.4 Å². The predicted molar refractivity (Wildman–Crippen MR) is 124 cm³/mol. The van der Waals surface area contributed by atoms with Crippen LogP contribution in [0.4, 0.5) is 0 Å². The zero-order chi connectivity index (χ0) is 23.8. The minimum Gasteiger partial charge on any atom is -0.497 e. The third-order valence-corrected chi connectivity index (χ3v) is 6.98. The van der Waals surface area contributed by atoms with Crippen LogP contribution in [0.3, 0.4) is 0 Å². The number of aliphatic carboxylic acids is 1. The van der Waals surface area contributed by atoms with Crippen molar-refractivity contribution in [3.63, 3.8) is 0 Å². The molecule has 1 atom stereocenters. The summed E-state index contributed by atoms with van der Waals surface area (Å²) in [6.45, 7) is 1.98. The average Bonchev–Trinajstić information content (AvgIpc) is 2.83. The first-order valence-electron chi connectivity index (χ1n) is 10.7. The number of unbranched alkanes of at least 4 members (excludes halogenated alkanes) is 1. The van der Waals surface area contributed by atoms with Crippen LogP contribution in [0.15, 0.2) is 76.7 Å². The van der Waals surface area contributed by atoms with E-state index in [9.17, 15) is 18.3 Å². The van der Waals surface area contributed by atoms with Crippen LogP contribution >= 0.6 is 0 Å². The Bertz CT molecular complexity index is 1180. The van der Waals surface area contributed by atoms with Gasteiger partial charge in [0.1, 0.15) is 11.5 Å². The fraction of sp³-hybridized carbons (Fsp3) is 0.280. The fourth-order valence-electron chi connectivity index (χ4n) is 3.40. The lowest BCUT2D eigenvalue weighted by Crippen LogP contribution is -2.19. The minimum atomic E-state index is -4.04.